The minimum Gasteiger partial charge on any atom is -0.488 e. The van der Waals surface area contributed by atoms with Gasteiger partial charge in [-0.3, -0.25) is 0 Å². The Morgan fingerprint density at radius 3 is 2.47 bits per heavy atom. The van der Waals surface area contributed by atoms with Gasteiger partial charge >= 0.3 is 0 Å². The number of benzene rings is 3. The zero-order valence-corrected chi connectivity index (χ0v) is 16.6. The summed E-state index contributed by atoms with van der Waals surface area (Å²) in [4.78, 5) is 3.35. The predicted molar refractivity (Wildman–Crippen MR) is 117 cm³/mol. The van der Waals surface area contributed by atoms with E-state index < -0.39 is 11.9 Å². The van der Waals surface area contributed by atoms with Crippen LogP contribution in [0.3, 0.4) is 0 Å². The summed E-state index contributed by atoms with van der Waals surface area (Å²) in [6.07, 6.45) is 1.31. The first-order valence-electron chi connectivity index (χ1n) is 10.1. The highest BCUT2D eigenvalue weighted by Gasteiger charge is 2.18. The van der Waals surface area contributed by atoms with Gasteiger partial charge in [-0.05, 0) is 29.3 Å². The molecule has 0 spiro atoms. The van der Waals surface area contributed by atoms with Crippen LogP contribution >= 0.6 is 0 Å². The number of hydrogen-bond acceptors (Lipinski definition) is 3. The van der Waals surface area contributed by atoms with Crippen molar-refractivity contribution in [1.29, 1.82) is 0 Å². The van der Waals surface area contributed by atoms with E-state index in [1.807, 2.05) is 30.3 Å². The van der Waals surface area contributed by atoms with Crippen molar-refractivity contribution < 1.29 is 14.2 Å². The van der Waals surface area contributed by atoms with E-state index in [-0.39, 0.29) is 18.3 Å². The van der Waals surface area contributed by atoms with Gasteiger partial charge in [0.25, 0.3) is 0 Å². The van der Waals surface area contributed by atoms with Crippen LogP contribution in [-0.4, -0.2) is 35.9 Å². The number of aliphatic hydroxyl groups is 1. The van der Waals surface area contributed by atoms with Gasteiger partial charge in [0, 0.05) is 36.1 Å². The van der Waals surface area contributed by atoms with E-state index in [0.29, 0.717) is 13.1 Å². The molecule has 1 heterocycles. The molecule has 2 atom stereocenters. The molecular weight excluding hydrogens is 379 g/mol. The number of H-pyrrole nitrogens is 1. The van der Waals surface area contributed by atoms with Crippen LogP contribution in [0.4, 0.5) is 4.39 Å². The first-order chi connectivity index (χ1) is 14.7. The van der Waals surface area contributed by atoms with Crippen molar-refractivity contribution >= 4 is 10.9 Å². The average molecular weight is 404 g/mol. The molecule has 0 unspecified atom stereocenters. The Bertz CT molecular complexity index is 1080. The molecular formula is C25H25FN2O2. The molecule has 0 saturated carbocycles. The Labute approximate surface area is 175 Å². The van der Waals surface area contributed by atoms with E-state index in [9.17, 15) is 9.50 Å². The fraction of sp³-hybridized carbons (Fsp3) is 0.200. The molecule has 1 aromatic heterocycles. The Kier molecular flexibility index (Phi) is 6.42. The van der Waals surface area contributed by atoms with Gasteiger partial charge in [-0.15, -0.1) is 0 Å². The first-order valence-corrected chi connectivity index (χ1v) is 10.1. The molecule has 154 valence electrons. The van der Waals surface area contributed by atoms with Crippen molar-refractivity contribution in [3.05, 3.63) is 102 Å². The van der Waals surface area contributed by atoms with Gasteiger partial charge in [0.2, 0.25) is 0 Å². The average Bonchev–Trinajstić information content (AvgIpc) is 3.21. The van der Waals surface area contributed by atoms with Gasteiger partial charge in [-0.2, -0.15) is 0 Å². The molecule has 0 fully saturated rings. The van der Waals surface area contributed by atoms with E-state index >= 15 is 0 Å². The number of hydrogen-bond donors (Lipinski definition) is 3. The van der Waals surface area contributed by atoms with Gasteiger partial charge in [0.15, 0.2) is 11.6 Å². The monoisotopic (exact) mass is 404 g/mol. The lowest BCUT2D eigenvalue weighted by Gasteiger charge is -2.20. The van der Waals surface area contributed by atoms with E-state index in [1.165, 1.54) is 22.6 Å². The molecule has 4 nitrogen and oxygen atoms in total. The van der Waals surface area contributed by atoms with Crippen LogP contribution in [0.2, 0.25) is 0 Å². The largest absolute Gasteiger partial charge is 0.488 e. The highest BCUT2D eigenvalue weighted by atomic mass is 19.1. The number of aliphatic hydroxyl groups excluding tert-OH is 1. The number of aromatic nitrogens is 1. The third-order valence-corrected chi connectivity index (χ3v) is 5.19. The minimum atomic E-state index is -0.746. The molecule has 3 aromatic carbocycles. The number of ether oxygens (including phenoxy) is 1. The van der Waals surface area contributed by atoms with Crippen LogP contribution in [0.5, 0.6) is 5.75 Å². The molecule has 4 rings (SSSR count). The van der Waals surface area contributed by atoms with Crippen LogP contribution in [0.15, 0.2) is 85.1 Å². The summed E-state index contributed by atoms with van der Waals surface area (Å²) >= 11 is 0. The normalized spacial score (nSPS) is 13.3. The van der Waals surface area contributed by atoms with Crippen LogP contribution in [0.25, 0.3) is 10.9 Å². The molecule has 3 N–H and O–H groups in total. The Morgan fingerprint density at radius 1 is 0.900 bits per heavy atom. The molecule has 0 bridgehead atoms. The second-order valence-corrected chi connectivity index (χ2v) is 7.31. The molecule has 0 aliphatic heterocycles. The standard InChI is InChI=1S/C25H25FN2O2/c26-23-11-5-7-13-25(23)30-17-19(29)14-27-15-21(18-8-2-1-3-9-18)22-16-28-24-12-6-4-10-20(22)24/h1-13,16,19,21,27-29H,14-15,17H2/t19-,21-/m0/s1. The third kappa shape index (κ3) is 4.70. The molecule has 0 radical (unpaired) electrons. The van der Waals surface area contributed by atoms with Crippen molar-refractivity contribution in [3.8, 4) is 5.75 Å². The maximum Gasteiger partial charge on any atom is 0.165 e. The second kappa shape index (κ2) is 9.57. The fourth-order valence-electron chi connectivity index (χ4n) is 3.68. The van der Waals surface area contributed by atoms with Crippen molar-refractivity contribution in [2.45, 2.75) is 12.0 Å². The molecule has 30 heavy (non-hydrogen) atoms. The lowest BCUT2D eigenvalue weighted by Crippen LogP contribution is -2.34. The van der Waals surface area contributed by atoms with Gasteiger partial charge in [0.05, 0.1) is 0 Å². The predicted octanol–water partition coefficient (Wildman–Crippen LogP) is 4.47. The Balaban J connectivity index is 1.41. The van der Waals surface area contributed by atoms with Gasteiger partial charge in [-0.1, -0.05) is 60.7 Å². The highest BCUT2D eigenvalue weighted by molar-refractivity contribution is 5.84. The second-order valence-electron chi connectivity index (χ2n) is 7.31. The molecule has 0 amide bonds. The molecule has 0 saturated heterocycles. The van der Waals surface area contributed by atoms with Gasteiger partial charge in [0.1, 0.15) is 12.7 Å². The summed E-state index contributed by atoms with van der Waals surface area (Å²) in [5, 5.41) is 14.8. The molecule has 5 heteroatoms. The molecule has 0 aliphatic rings. The summed E-state index contributed by atoms with van der Waals surface area (Å²) in [7, 11) is 0. The zero-order chi connectivity index (χ0) is 20.8. The van der Waals surface area contributed by atoms with E-state index in [0.717, 1.165) is 5.52 Å². The third-order valence-electron chi connectivity index (χ3n) is 5.19. The topological polar surface area (TPSA) is 57.3 Å². The maximum atomic E-state index is 13.6. The van der Waals surface area contributed by atoms with Crippen molar-refractivity contribution in [2.75, 3.05) is 19.7 Å². The molecule has 4 aromatic rings. The van der Waals surface area contributed by atoms with Gasteiger partial charge < -0.3 is 20.1 Å². The van der Waals surface area contributed by atoms with Crippen LogP contribution in [-0.2, 0) is 0 Å². The molecule has 0 aliphatic carbocycles. The zero-order valence-electron chi connectivity index (χ0n) is 16.6. The van der Waals surface area contributed by atoms with Crippen molar-refractivity contribution in [2.24, 2.45) is 0 Å². The fourth-order valence-corrected chi connectivity index (χ4v) is 3.68. The van der Waals surface area contributed by atoms with E-state index in [4.69, 9.17) is 4.74 Å². The summed E-state index contributed by atoms with van der Waals surface area (Å²) in [5.41, 5.74) is 3.51. The minimum absolute atomic E-state index is 0.0248. The lowest BCUT2D eigenvalue weighted by molar-refractivity contribution is 0.104. The number of rotatable bonds is 9. The summed E-state index contributed by atoms with van der Waals surface area (Å²) in [6, 6.07) is 24.8. The Hall–Kier alpha value is -3.15. The number of halogens is 1. The number of fused-ring (bicyclic) bond motifs is 1. The van der Waals surface area contributed by atoms with Gasteiger partial charge in [-0.25, -0.2) is 4.39 Å². The maximum absolute atomic E-state index is 13.6. The van der Waals surface area contributed by atoms with Crippen LogP contribution in [0.1, 0.15) is 17.0 Å². The number of aromatic amines is 1. The quantitative estimate of drug-likeness (QED) is 0.386. The smallest absolute Gasteiger partial charge is 0.165 e. The van der Waals surface area contributed by atoms with E-state index in [2.05, 4.69) is 40.8 Å². The summed E-state index contributed by atoms with van der Waals surface area (Å²) in [5.74, 6) is -0.152. The SMILES string of the molecule is O[C@@H](CNC[C@@H](c1ccccc1)c1c[nH]c2ccccc12)COc1ccccc1F. The van der Waals surface area contributed by atoms with Crippen molar-refractivity contribution in [3.63, 3.8) is 0 Å². The highest BCUT2D eigenvalue weighted by Crippen LogP contribution is 2.30. The van der Waals surface area contributed by atoms with E-state index in [1.54, 1.807) is 18.2 Å². The number of para-hydroxylation sites is 2. The first kappa shape index (κ1) is 20.1. The van der Waals surface area contributed by atoms with Crippen LogP contribution < -0.4 is 10.1 Å². The Morgan fingerprint density at radius 2 is 1.63 bits per heavy atom. The summed E-state index contributed by atoms with van der Waals surface area (Å²) in [6.45, 7) is 1.03. The van der Waals surface area contributed by atoms with Crippen molar-refractivity contribution in [1.82, 2.24) is 10.3 Å². The lowest BCUT2D eigenvalue weighted by atomic mass is 9.91. The number of nitrogens with one attached hydrogen (secondary N) is 2. The summed E-state index contributed by atoms with van der Waals surface area (Å²) < 4.78 is 19.0. The van der Waals surface area contributed by atoms with Crippen LogP contribution in [0, 0.1) is 5.82 Å².